The molecule has 2 rings (SSSR count). The lowest BCUT2D eigenvalue weighted by atomic mass is 10.1. The smallest absolute Gasteiger partial charge is 0.343 e. The molecule has 1 aliphatic rings. The van der Waals surface area contributed by atoms with Crippen LogP contribution in [0.25, 0.3) is 0 Å². The lowest BCUT2D eigenvalue weighted by molar-refractivity contribution is -0.385. The van der Waals surface area contributed by atoms with Crippen LogP contribution in [0.1, 0.15) is 12.5 Å². The number of nitrogens with zero attached hydrogens (tertiary/aromatic N) is 2. The molecule has 0 amide bonds. The van der Waals surface area contributed by atoms with Gasteiger partial charge in [0.05, 0.1) is 12.0 Å². The third-order valence-corrected chi connectivity index (χ3v) is 3.82. The SMILES string of the molecule is COC(=O)COc1ccc(CN2CCNC[C@H]2C)cc1[N+](=O)[O-].Cl. The van der Waals surface area contributed by atoms with Crippen LogP contribution in [0, 0.1) is 10.1 Å². The fraction of sp³-hybridized carbons (Fsp3) is 0.533. The van der Waals surface area contributed by atoms with Gasteiger partial charge in [0.15, 0.2) is 12.4 Å². The standard InChI is InChI=1S/C15H21N3O5.ClH/c1-11-8-16-5-6-17(11)9-12-3-4-14(13(7-12)18(20)21)23-10-15(19)22-2;/h3-4,7,11,16H,5-6,8-10H2,1-2H3;1H/t11-;/m1./s1. The number of rotatable bonds is 6. The molecular formula is C15H22ClN3O5. The molecule has 1 aliphatic heterocycles. The van der Waals surface area contributed by atoms with E-state index >= 15 is 0 Å². The molecular weight excluding hydrogens is 338 g/mol. The zero-order valence-electron chi connectivity index (χ0n) is 13.7. The number of carbonyl (C=O) groups is 1. The van der Waals surface area contributed by atoms with Crippen molar-refractivity contribution in [1.29, 1.82) is 0 Å². The second kappa shape index (κ2) is 9.41. The number of hydrogen-bond acceptors (Lipinski definition) is 7. The van der Waals surface area contributed by atoms with Crippen LogP contribution >= 0.6 is 12.4 Å². The van der Waals surface area contributed by atoms with Crippen molar-refractivity contribution in [1.82, 2.24) is 10.2 Å². The Hall–Kier alpha value is -1.90. The Morgan fingerprint density at radius 3 is 2.88 bits per heavy atom. The van der Waals surface area contributed by atoms with Crippen LogP contribution in [0.15, 0.2) is 18.2 Å². The van der Waals surface area contributed by atoms with Gasteiger partial charge in [-0.05, 0) is 18.6 Å². The van der Waals surface area contributed by atoms with E-state index < -0.39 is 10.9 Å². The van der Waals surface area contributed by atoms with Crippen LogP contribution in [-0.2, 0) is 16.1 Å². The normalized spacial score (nSPS) is 17.7. The Morgan fingerprint density at radius 2 is 2.25 bits per heavy atom. The summed E-state index contributed by atoms with van der Waals surface area (Å²) >= 11 is 0. The summed E-state index contributed by atoms with van der Waals surface area (Å²) in [5.74, 6) is -0.518. The molecule has 1 heterocycles. The minimum absolute atomic E-state index is 0. The molecule has 8 nitrogen and oxygen atoms in total. The molecule has 1 atom stereocenters. The van der Waals surface area contributed by atoms with Crippen LogP contribution in [-0.4, -0.2) is 55.2 Å². The lowest BCUT2D eigenvalue weighted by Gasteiger charge is -2.33. The lowest BCUT2D eigenvalue weighted by Crippen LogP contribution is -2.49. The molecule has 134 valence electrons. The predicted molar refractivity (Wildman–Crippen MR) is 90.6 cm³/mol. The second-order valence-corrected chi connectivity index (χ2v) is 5.45. The van der Waals surface area contributed by atoms with Gasteiger partial charge in [-0.15, -0.1) is 12.4 Å². The van der Waals surface area contributed by atoms with Gasteiger partial charge < -0.3 is 14.8 Å². The quantitative estimate of drug-likeness (QED) is 0.465. The van der Waals surface area contributed by atoms with E-state index in [0.29, 0.717) is 12.6 Å². The summed E-state index contributed by atoms with van der Waals surface area (Å²) in [6.07, 6.45) is 0. The van der Waals surface area contributed by atoms with Gasteiger partial charge in [0.25, 0.3) is 0 Å². The maximum atomic E-state index is 11.2. The van der Waals surface area contributed by atoms with Crippen molar-refractivity contribution in [3.8, 4) is 5.75 Å². The van der Waals surface area contributed by atoms with E-state index in [9.17, 15) is 14.9 Å². The molecule has 24 heavy (non-hydrogen) atoms. The molecule has 1 saturated heterocycles. The van der Waals surface area contributed by atoms with Crippen LogP contribution in [0.3, 0.4) is 0 Å². The van der Waals surface area contributed by atoms with E-state index in [1.807, 2.05) is 0 Å². The van der Waals surface area contributed by atoms with E-state index in [1.165, 1.54) is 19.2 Å². The number of carbonyl (C=O) groups excluding carboxylic acids is 1. The average molecular weight is 360 g/mol. The summed E-state index contributed by atoms with van der Waals surface area (Å²) in [5.41, 5.74) is 0.699. The molecule has 9 heteroatoms. The fourth-order valence-corrected chi connectivity index (χ4v) is 2.47. The summed E-state index contributed by atoms with van der Waals surface area (Å²) in [7, 11) is 1.23. The highest BCUT2D eigenvalue weighted by Crippen LogP contribution is 2.28. The number of hydrogen-bond donors (Lipinski definition) is 1. The summed E-state index contributed by atoms with van der Waals surface area (Å²) < 4.78 is 9.64. The molecule has 0 unspecified atom stereocenters. The summed E-state index contributed by atoms with van der Waals surface area (Å²) in [6, 6.07) is 5.19. The van der Waals surface area contributed by atoms with Crippen molar-refractivity contribution >= 4 is 24.1 Å². The van der Waals surface area contributed by atoms with E-state index in [0.717, 1.165) is 25.2 Å². The van der Waals surface area contributed by atoms with Crippen LogP contribution in [0.4, 0.5) is 5.69 Å². The largest absolute Gasteiger partial charge is 0.475 e. The molecule has 0 saturated carbocycles. The minimum Gasteiger partial charge on any atom is -0.475 e. The predicted octanol–water partition coefficient (Wildman–Crippen LogP) is 1.36. The van der Waals surface area contributed by atoms with E-state index in [1.54, 1.807) is 6.07 Å². The Kier molecular flexibility index (Phi) is 7.90. The van der Waals surface area contributed by atoms with Crippen molar-refractivity contribution in [2.45, 2.75) is 19.5 Å². The zero-order chi connectivity index (χ0) is 16.8. The van der Waals surface area contributed by atoms with Crippen molar-refractivity contribution in [3.63, 3.8) is 0 Å². The zero-order valence-corrected chi connectivity index (χ0v) is 14.5. The van der Waals surface area contributed by atoms with Crippen LogP contribution in [0.2, 0.25) is 0 Å². The second-order valence-electron chi connectivity index (χ2n) is 5.45. The van der Waals surface area contributed by atoms with Gasteiger partial charge in [-0.3, -0.25) is 15.0 Å². The molecule has 1 N–H and O–H groups in total. The Labute approximate surface area is 146 Å². The molecule has 1 aromatic rings. The number of piperazine rings is 1. The maximum Gasteiger partial charge on any atom is 0.343 e. The number of esters is 1. The topological polar surface area (TPSA) is 93.9 Å². The number of nitrogens with one attached hydrogen (secondary N) is 1. The molecule has 0 aromatic heterocycles. The highest BCUT2D eigenvalue weighted by molar-refractivity contribution is 5.85. The molecule has 1 aromatic carbocycles. The maximum absolute atomic E-state index is 11.2. The van der Waals surface area contributed by atoms with Crippen molar-refractivity contribution in [2.24, 2.45) is 0 Å². The average Bonchev–Trinajstić information content (AvgIpc) is 2.55. The summed E-state index contributed by atoms with van der Waals surface area (Å²) in [6.45, 7) is 5.12. The third-order valence-electron chi connectivity index (χ3n) is 3.82. The van der Waals surface area contributed by atoms with Gasteiger partial charge in [-0.2, -0.15) is 0 Å². The van der Waals surface area contributed by atoms with Crippen LogP contribution in [0.5, 0.6) is 5.75 Å². The number of nitro benzene ring substituents is 1. The molecule has 0 bridgehead atoms. The van der Waals surface area contributed by atoms with Crippen LogP contribution < -0.4 is 10.1 Å². The van der Waals surface area contributed by atoms with Gasteiger partial charge in [0.2, 0.25) is 0 Å². The van der Waals surface area contributed by atoms with E-state index in [-0.39, 0.29) is 30.5 Å². The summed E-state index contributed by atoms with van der Waals surface area (Å²) in [4.78, 5) is 24.1. The first-order valence-electron chi connectivity index (χ1n) is 7.43. The van der Waals surface area contributed by atoms with Gasteiger partial charge in [-0.1, -0.05) is 6.07 Å². The number of methoxy groups -OCH3 is 1. The number of halogens is 1. The highest BCUT2D eigenvalue weighted by Gasteiger charge is 2.21. The third kappa shape index (κ3) is 5.33. The molecule has 0 radical (unpaired) electrons. The monoisotopic (exact) mass is 359 g/mol. The van der Waals surface area contributed by atoms with Gasteiger partial charge in [0.1, 0.15) is 0 Å². The number of benzene rings is 1. The molecule has 1 fully saturated rings. The Balaban J connectivity index is 0.00000288. The Bertz CT molecular complexity index is 584. The van der Waals surface area contributed by atoms with E-state index in [4.69, 9.17) is 4.74 Å². The fourth-order valence-electron chi connectivity index (χ4n) is 2.47. The van der Waals surface area contributed by atoms with Gasteiger partial charge in [0, 0.05) is 38.3 Å². The minimum atomic E-state index is -0.585. The van der Waals surface area contributed by atoms with Gasteiger partial charge >= 0.3 is 11.7 Å². The van der Waals surface area contributed by atoms with Crippen molar-refractivity contribution < 1.29 is 19.2 Å². The number of nitro groups is 1. The highest BCUT2D eigenvalue weighted by atomic mass is 35.5. The van der Waals surface area contributed by atoms with Crippen molar-refractivity contribution in [2.75, 3.05) is 33.4 Å². The van der Waals surface area contributed by atoms with E-state index in [2.05, 4.69) is 21.9 Å². The Morgan fingerprint density at radius 1 is 1.50 bits per heavy atom. The molecule has 0 aliphatic carbocycles. The first-order valence-corrected chi connectivity index (χ1v) is 7.43. The first-order chi connectivity index (χ1) is 11.0. The summed E-state index contributed by atoms with van der Waals surface area (Å²) in [5, 5.41) is 14.5. The number of ether oxygens (including phenoxy) is 2. The first kappa shape index (κ1) is 20.1. The molecule has 0 spiro atoms. The van der Waals surface area contributed by atoms with Crippen molar-refractivity contribution in [3.05, 3.63) is 33.9 Å². The van der Waals surface area contributed by atoms with Gasteiger partial charge in [-0.25, -0.2) is 4.79 Å².